The van der Waals surface area contributed by atoms with Gasteiger partial charge in [0.05, 0.1) is 5.88 Å². The van der Waals surface area contributed by atoms with Crippen LogP contribution in [0, 0.1) is 0 Å². The molecule has 0 aliphatic heterocycles. The minimum Gasteiger partial charge on any atom is -0.313 e. The van der Waals surface area contributed by atoms with E-state index in [1.165, 1.54) is 0 Å². The van der Waals surface area contributed by atoms with E-state index in [0.717, 1.165) is 6.20 Å². The van der Waals surface area contributed by atoms with Crippen molar-refractivity contribution in [3.63, 3.8) is 0 Å². The van der Waals surface area contributed by atoms with Crippen LogP contribution in [0.15, 0.2) is 15.8 Å². The van der Waals surface area contributed by atoms with Crippen LogP contribution in [0.5, 0.6) is 0 Å². The summed E-state index contributed by atoms with van der Waals surface area (Å²) in [6.07, 6.45) is 1.05. The zero-order valence-electron chi connectivity index (χ0n) is 5.89. The van der Waals surface area contributed by atoms with Crippen LogP contribution in [-0.4, -0.2) is 21.6 Å². The molecule has 0 fully saturated rings. The quantitative estimate of drug-likeness (QED) is 0.484. The Morgan fingerprint density at radius 1 is 1.50 bits per heavy atom. The molecule has 1 heterocycles. The van der Waals surface area contributed by atoms with E-state index >= 15 is 0 Å². The van der Waals surface area contributed by atoms with Gasteiger partial charge in [0.15, 0.2) is 5.78 Å². The summed E-state index contributed by atoms with van der Waals surface area (Å²) in [5, 5.41) is 0. The first kappa shape index (κ1) is 8.73. The molecule has 0 aromatic carbocycles. The van der Waals surface area contributed by atoms with Crippen molar-refractivity contribution in [1.29, 1.82) is 0 Å². The van der Waals surface area contributed by atoms with Crippen molar-refractivity contribution in [2.24, 2.45) is 0 Å². The molecule has 1 aromatic rings. The van der Waals surface area contributed by atoms with Crippen LogP contribution in [0.2, 0.25) is 0 Å². The Kier molecular flexibility index (Phi) is 2.44. The predicted octanol–water partition coefficient (Wildman–Crippen LogP) is -0.515. The Bertz CT molecular complexity index is 406. The molecule has 0 saturated heterocycles. The van der Waals surface area contributed by atoms with Gasteiger partial charge in [0.1, 0.15) is 5.56 Å². The SMILES string of the molecule is O=C(CCl)c1c[nH]c(=O)[nH]c1=O. The summed E-state index contributed by atoms with van der Waals surface area (Å²) >= 11 is 5.20. The fourth-order valence-electron chi connectivity index (χ4n) is 0.689. The molecule has 0 bridgehead atoms. The Balaban J connectivity index is 3.28. The normalized spacial score (nSPS) is 9.75. The molecular formula is C6H5ClN2O3. The third-order valence-electron chi connectivity index (χ3n) is 1.24. The highest BCUT2D eigenvalue weighted by molar-refractivity contribution is 6.30. The van der Waals surface area contributed by atoms with Crippen molar-refractivity contribution in [2.75, 3.05) is 5.88 Å². The van der Waals surface area contributed by atoms with Crippen LogP contribution in [0.1, 0.15) is 10.4 Å². The van der Waals surface area contributed by atoms with Crippen LogP contribution < -0.4 is 11.2 Å². The van der Waals surface area contributed by atoms with Gasteiger partial charge >= 0.3 is 5.69 Å². The highest BCUT2D eigenvalue weighted by Gasteiger charge is 2.08. The van der Waals surface area contributed by atoms with Crippen LogP contribution in [0.3, 0.4) is 0 Å². The second-order valence-corrected chi connectivity index (χ2v) is 2.31. The van der Waals surface area contributed by atoms with Crippen LogP contribution in [-0.2, 0) is 0 Å². The molecule has 0 aliphatic carbocycles. The van der Waals surface area contributed by atoms with Gasteiger partial charge in [-0.05, 0) is 0 Å². The standard InChI is InChI=1S/C6H5ClN2O3/c7-1-4(10)3-2-8-6(12)9-5(3)11/h2H,1H2,(H2,8,9,11,12). The Morgan fingerprint density at radius 3 is 2.67 bits per heavy atom. The van der Waals surface area contributed by atoms with Crippen LogP contribution in [0.4, 0.5) is 0 Å². The molecule has 0 saturated carbocycles. The van der Waals surface area contributed by atoms with E-state index in [4.69, 9.17) is 11.6 Å². The number of alkyl halides is 1. The highest BCUT2D eigenvalue weighted by atomic mass is 35.5. The van der Waals surface area contributed by atoms with Gasteiger partial charge in [0, 0.05) is 6.20 Å². The second kappa shape index (κ2) is 3.36. The molecule has 5 nitrogen and oxygen atoms in total. The number of halogens is 1. The molecule has 0 radical (unpaired) electrons. The van der Waals surface area contributed by atoms with E-state index in [1.54, 1.807) is 0 Å². The largest absolute Gasteiger partial charge is 0.325 e. The fraction of sp³-hybridized carbons (Fsp3) is 0.167. The molecular weight excluding hydrogens is 184 g/mol. The van der Waals surface area contributed by atoms with Crippen molar-refractivity contribution in [3.8, 4) is 0 Å². The minimum atomic E-state index is -0.718. The summed E-state index contributed by atoms with van der Waals surface area (Å²) < 4.78 is 0. The van der Waals surface area contributed by atoms with E-state index in [1.807, 2.05) is 4.98 Å². The number of carbonyl (C=O) groups is 1. The average molecular weight is 189 g/mol. The summed E-state index contributed by atoms with van der Waals surface area (Å²) in [5.41, 5.74) is -1.50. The summed E-state index contributed by atoms with van der Waals surface area (Å²) in [6, 6.07) is 0. The number of H-pyrrole nitrogens is 2. The second-order valence-electron chi connectivity index (χ2n) is 2.04. The van der Waals surface area contributed by atoms with Crippen molar-refractivity contribution in [1.82, 2.24) is 9.97 Å². The van der Waals surface area contributed by atoms with Gasteiger partial charge in [0.25, 0.3) is 5.56 Å². The summed E-state index contributed by atoms with van der Waals surface area (Å²) in [6.45, 7) is 0. The Hall–Kier alpha value is -1.36. The van der Waals surface area contributed by atoms with Gasteiger partial charge < -0.3 is 4.98 Å². The lowest BCUT2D eigenvalue weighted by Gasteiger charge is -1.92. The molecule has 0 amide bonds. The summed E-state index contributed by atoms with van der Waals surface area (Å²) in [7, 11) is 0. The van der Waals surface area contributed by atoms with Crippen molar-refractivity contribution in [3.05, 3.63) is 32.6 Å². The van der Waals surface area contributed by atoms with E-state index in [-0.39, 0.29) is 11.4 Å². The first-order chi connectivity index (χ1) is 5.65. The fourth-order valence-corrected chi connectivity index (χ4v) is 0.833. The first-order valence-corrected chi connectivity index (χ1v) is 3.60. The third-order valence-corrected chi connectivity index (χ3v) is 1.48. The molecule has 64 valence electrons. The topological polar surface area (TPSA) is 82.8 Å². The van der Waals surface area contributed by atoms with Gasteiger partial charge in [0.2, 0.25) is 0 Å². The zero-order chi connectivity index (χ0) is 9.14. The third kappa shape index (κ3) is 1.62. The number of rotatable bonds is 2. The van der Waals surface area contributed by atoms with Gasteiger partial charge in [-0.15, -0.1) is 11.6 Å². The maximum atomic E-state index is 10.9. The number of aromatic nitrogens is 2. The molecule has 6 heteroatoms. The van der Waals surface area contributed by atoms with Crippen molar-refractivity contribution >= 4 is 17.4 Å². The Morgan fingerprint density at radius 2 is 2.17 bits per heavy atom. The van der Waals surface area contributed by atoms with Gasteiger partial charge in [-0.3, -0.25) is 14.6 Å². The summed E-state index contributed by atoms with van der Waals surface area (Å²) in [5.74, 6) is -0.802. The Labute approximate surface area is 71.4 Å². The van der Waals surface area contributed by atoms with E-state index in [9.17, 15) is 14.4 Å². The maximum absolute atomic E-state index is 10.9. The number of hydrogen-bond donors (Lipinski definition) is 2. The van der Waals surface area contributed by atoms with Crippen molar-refractivity contribution < 1.29 is 4.79 Å². The highest BCUT2D eigenvalue weighted by Crippen LogP contribution is 1.89. The molecule has 0 unspecified atom stereocenters. The van der Waals surface area contributed by atoms with E-state index < -0.39 is 17.0 Å². The van der Waals surface area contributed by atoms with Gasteiger partial charge in [-0.2, -0.15) is 0 Å². The molecule has 2 N–H and O–H groups in total. The number of ketones is 1. The number of nitrogens with one attached hydrogen (secondary N) is 2. The van der Waals surface area contributed by atoms with Gasteiger partial charge in [-0.1, -0.05) is 0 Å². The molecule has 0 aliphatic rings. The zero-order valence-corrected chi connectivity index (χ0v) is 6.64. The molecule has 1 rings (SSSR count). The molecule has 1 aromatic heterocycles. The number of aromatic amines is 2. The maximum Gasteiger partial charge on any atom is 0.325 e. The lowest BCUT2D eigenvalue weighted by Crippen LogP contribution is -2.27. The lowest BCUT2D eigenvalue weighted by molar-refractivity contribution is 0.101. The first-order valence-electron chi connectivity index (χ1n) is 3.06. The lowest BCUT2D eigenvalue weighted by atomic mass is 10.2. The molecule has 12 heavy (non-hydrogen) atoms. The number of Topliss-reactive ketones (excluding diaryl/α,β-unsaturated/α-hetero) is 1. The smallest absolute Gasteiger partial charge is 0.313 e. The van der Waals surface area contributed by atoms with E-state index in [0.29, 0.717) is 0 Å². The molecule has 0 spiro atoms. The van der Waals surface area contributed by atoms with Crippen LogP contribution in [0.25, 0.3) is 0 Å². The minimum absolute atomic E-state index is 0.135. The average Bonchev–Trinajstić information content (AvgIpc) is 2.03. The number of hydrogen-bond acceptors (Lipinski definition) is 3. The van der Waals surface area contributed by atoms with E-state index in [2.05, 4.69) is 4.98 Å². The summed E-state index contributed by atoms with van der Waals surface area (Å²) in [4.78, 5) is 36.3. The monoisotopic (exact) mass is 188 g/mol. The molecule has 0 atom stereocenters. The van der Waals surface area contributed by atoms with Gasteiger partial charge in [-0.25, -0.2) is 4.79 Å². The van der Waals surface area contributed by atoms with Crippen molar-refractivity contribution in [2.45, 2.75) is 0 Å². The predicted molar refractivity (Wildman–Crippen MR) is 42.7 cm³/mol. The number of carbonyl (C=O) groups excluding carboxylic acids is 1. The van der Waals surface area contributed by atoms with Crippen LogP contribution >= 0.6 is 11.6 Å².